The highest BCUT2D eigenvalue weighted by Gasteiger charge is 2.35. The van der Waals surface area contributed by atoms with Crippen LogP contribution in [0, 0.1) is 6.92 Å². The van der Waals surface area contributed by atoms with Crippen molar-refractivity contribution in [3.05, 3.63) is 104 Å². The van der Waals surface area contributed by atoms with Crippen molar-refractivity contribution in [1.82, 2.24) is 13.7 Å². The van der Waals surface area contributed by atoms with Crippen molar-refractivity contribution in [1.29, 1.82) is 0 Å². The summed E-state index contributed by atoms with van der Waals surface area (Å²) in [7, 11) is 4.69. The molecule has 2 aromatic heterocycles. The van der Waals surface area contributed by atoms with Gasteiger partial charge in [-0.25, -0.2) is 4.79 Å². The lowest BCUT2D eigenvalue weighted by Crippen LogP contribution is -2.37. The Kier molecular flexibility index (Phi) is 5.01. The van der Waals surface area contributed by atoms with Gasteiger partial charge in [-0.1, -0.05) is 48.0 Å². The molecular weight excluding hydrogens is 468 g/mol. The summed E-state index contributed by atoms with van der Waals surface area (Å²) >= 11 is 0. The van der Waals surface area contributed by atoms with Gasteiger partial charge in [-0.15, -0.1) is 0 Å². The molecule has 0 aliphatic carbocycles. The Morgan fingerprint density at radius 2 is 1.68 bits per heavy atom. The normalized spacial score (nSPS) is 14.2. The standard InChI is InChI=1S/C29H26N4O4/c1-16-9-11-17(12-10-16)25-23-26(31(2)29(36)32(3)28(23)35)27-24(18-13-14-22(37-4)21(34)15-18)30-19-7-5-6-8-20(19)33(25)27/h5-15,24,30,34H,1-4H3/t24-/m0/s1. The van der Waals surface area contributed by atoms with Gasteiger partial charge in [-0.05, 0) is 42.3 Å². The number of phenols is 1. The molecule has 0 radical (unpaired) electrons. The molecule has 3 aromatic carbocycles. The summed E-state index contributed by atoms with van der Waals surface area (Å²) in [4.78, 5) is 26.9. The van der Waals surface area contributed by atoms with Crippen molar-refractivity contribution in [2.45, 2.75) is 13.0 Å². The second-order valence-corrected chi connectivity index (χ2v) is 9.39. The van der Waals surface area contributed by atoms with Gasteiger partial charge in [0, 0.05) is 14.1 Å². The van der Waals surface area contributed by atoms with E-state index < -0.39 is 11.7 Å². The zero-order valence-electron chi connectivity index (χ0n) is 20.9. The lowest BCUT2D eigenvalue weighted by molar-refractivity contribution is 0.373. The van der Waals surface area contributed by atoms with E-state index in [2.05, 4.69) is 9.88 Å². The molecule has 0 saturated heterocycles. The number of phenolic OH excluding ortho intramolecular Hbond substituents is 1. The molecule has 186 valence electrons. The van der Waals surface area contributed by atoms with E-state index in [1.165, 1.54) is 18.7 Å². The Morgan fingerprint density at radius 3 is 2.38 bits per heavy atom. The van der Waals surface area contributed by atoms with E-state index >= 15 is 0 Å². The Labute approximate surface area is 212 Å². The first-order valence-electron chi connectivity index (χ1n) is 12.0. The predicted octanol–water partition coefficient (Wildman–Crippen LogP) is 4.23. The second kappa shape index (κ2) is 8.16. The number of benzene rings is 3. The molecule has 6 rings (SSSR count). The highest BCUT2D eigenvalue weighted by atomic mass is 16.5. The van der Waals surface area contributed by atoms with Crippen LogP contribution in [0.3, 0.4) is 0 Å². The van der Waals surface area contributed by atoms with Crippen LogP contribution in [-0.2, 0) is 14.1 Å². The maximum absolute atomic E-state index is 13.7. The third-order valence-electron chi connectivity index (χ3n) is 7.19. The van der Waals surface area contributed by atoms with E-state index in [0.717, 1.165) is 44.0 Å². The van der Waals surface area contributed by atoms with E-state index in [4.69, 9.17) is 4.74 Å². The minimum Gasteiger partial charge on any atom is -0.504 e. The van der Waals surface area contributed by atoms with Crippen LogP contribution in [0.25, 0.3) is 27.8 Å². The van der Waals surface area contributed by atoms with Gasteiger partial charge < -0.3 is 19.7 Å². The number of fused-ring (bicyclic) bond motifs is 5. The number of aryl methyl sites for hydroxylation is 2. The Morgan fingerprint density at radius 1 is 0.946 bits per heavy atom. The molecule has 0 spiro atoms. The highest BCUT2D eigenvalue weighted by Crippen LogP contribution is 2.46. The largest absolute Gasteiger partial charge is 0.504 e. The fourth-order valence-electron chi connectivity index (χ4n) is 5.34. The third-order valence-corrected chi connectivity index (χ3v) is 7.19. The molecule has 8 heteroatoms. The maximum Gasteiger partial charge on any atom is 0.331 e. The molecular formula is C29H26N4O4. The summed E-state index contributed by atoms with van der Waals surface area (Å²) in [6.45, 7) is 2.02. The Hall–Kier alpha value is -4.72. The first kappa shape index (κ1) is 22.7. The van der Waals surface area contributed by atoms with Crippen LogP contribution in [0.1, 0.15) is 22.9 Å². The molecule has 0 amide bonds. The second-order valence-electron chi connectivity index (χ2n) is 9.39. The van der Waals surface area contributed by atoms with Crippen molar-refractivity contribution < 1.29 is 9.84 Å². The zero-order valence-corrected chi connectivity index (χ0v) is 20.9. The van der Waals surface area contributed by atoms with Crippen LogP contribution >= 0.6 is 0 Å². The average Bonchev–Trinajstić information content (AvgIpc) is 3.27. The monoisotopic (exact) mass is 494 g/mol. The molecule has 0 saturated carbocycles. The van der Waals surface area contributed by atoms with E-state index in [-0.39, 0.29) is 11.3 Å². The molecule has 1 atom stereocenters. The molecule has 1 aliphatic rings. The smallest absolute Gasteiger partial charge is 0.331 e. The van der Waals surface area contributed by atoms with Crippen molar-refractivity contribution in [3.8, 4) is 28.4 Å². The quantitative estimate of drug-likeness (QED) is 0.392. The van der Waals surface area contributed by atoms with Gasteiger partial charge in [-0.3, -0.25) is 13.9 Å². The number of methoxy groups -OCH3 is 1. The van der Waals surface area contributed by atoms with Gasteiger partial charge in [0.25, 0.3) is 5.56 Å². The number of nitrogens with zero attached hydrogens (tertiary/aromatic N) is 3. The molecule has 5 aromatic rings. The van der Waals surface area contributed by atoms with E-state index in [9.17, 15) is 14.7 Å². The number of anilines is 1. The highest BCUT2D eigenvalue weighted by molar-refractivity contribution is 5.99. The van der Waals surface area contributed by atoms with Gasteiger partial charge in [-0.2, -0.15) is 0 Å². The van der Waals surface area contributed by atoms with Crippen molar-refractivity contribution in [2.75, 3.05) is 12.4 Å². The minimum atomic E-state index is -0.467. The summed E-state index contributed by atoms with van der Waals surface area (Å²) in [5.41, 5.74) is 5.71. The number of rotatable bonds is 3. The fourth-order valence-corrected chi connectivity index (χ4v) is 5.34. The average molecular weight is 495 g/mol. The number of nitrogens with one attached hydrogen (secondary N) is 1. The summed E-state index contributed by atoms with van der Waals surface area (Å²) in [6, 6.07) is 20.7. The van der Waals surface area contributed by atoms with Gasteiger partial charge in [0.05, 0.1) is 46.8 Å². The summed E-state index contributed by atoms with van der Waals surface area (Å²) in [5, 5.41) is 14.6. The van der Waals surface area contributed by atoms with E-state index in [1.807, 2.05) is 61.5 Å². The van der Waals surface area contributed by atoms with Crippen molar-refractivity contribution in [2.24, 2.45) is 14.1 Å². The number of ether oxygens (including phenoxy) is 1. The van der Waals surface area contributed by atoms with Crippen LogP contribution in [0.15, 0.2) is 76.3 Å². The predicted molar refractivity (Wildman–Crippen MR) is 144 cm³/mol. The molecule has 8 nitrogen and oxygen atoms in total. The molecule has 2 N–H and O–H groups in total. The van der Waals surface area contributed by atoms with Crippen LogP contribution in [0.5, 0.6) is 11.5 Å². The number of aromatic hydroxyl groups is 1. The van der Waals surface area contributed by atoms with Crippen LogP contribution in [0.4, 0.5) is 5.69 Å². The SMILES string of the molecule is COc1ccc([C@@H]2Nc3ccccc3-n3c(-c4ccc(C)cc4)c4c(=O)n(C)c(=O)n(C)c4c32)cc1O. The summed E-state index contributed by atoms with van der Waals surface area (Å²) < 4.78 is 10.0. The van der Waals surface area contributed by atoms with E-state index in [0.29, 0.717) is 16.7 Å². The number of aromatic nitrogens is 3. The first-order valence-corrected chi connectivity index (χ1v) is 12.0. The van der Waals surface area contributed by atoms with Gasteiger partial charge >= 0.3 is 5.69 Å². The fraction of sp³-hybridized carbons (Fsp3) is 0.172. The topological polar surface area (TPSA) is 90.4 Å². The number of para-hydroxylation sites is 2. The lowest BCUT2D eigenvalue weighted by atomic mass is 9.99. The molecule has 0 fully saturated rings. The Bertz CT molecular complexity index is 1830. The van der Waals surface area contributed by atoms with Crippen LogP contribution in [0.2, 0.25) is 0 Å². The van der Waals surface area contributed by atoms with Gasteiger partial charge in [0.1, 0.15) is 0 Å². The first-order chi connectivity index (χ1) is 17.8. The zero-order chi connectivity index (χ0) is 26.0. The number of hydrogen-bond acceptors (Lipinski definition) is 5. The molecule has 1 aliphatic heterocycles. The van der Waals surface area contributed by atoms with Crippen LogP contribution in [-0.4, -0.2) is 25.9 Å². The summed E-state index contributed by atoms with van der Waals surface area (Å²) in [5.74, 6) is 0.369. The van der Waals surface area contributed by atoms with Crippen LogP contribution < -0.4 is 21.3 Å². The van der Waals surface area contributed by atoms with Crippen molar-refractivity contribution in [3.63, 3.8) is 0 Å². The molecule has 3 heterocycles. The lowest BCUT2D eigenvalue weighted by Gasteiger charge is -2.31. The molecule has 0 bridgehead atoms. The Balaban J connectivity index is 1.82. The minimum absolute atomic E-state index is 0.00614. The van der Waals surface area contributed by atoms with Gasteiger partial charge in [0.15, 0.2) is 11.5 Å². The third kappa shape index (κ3) is 3.22. The van der Waals surface area contributed by atoms with Gasteiger partial charge in [0.2, 0.25) is 0 Å². The maximum atomic E-state index is 13.7. The molecule has 0 unspecified atom stereocenters. The number of hydrogen-bond donors (Lipinski definition) is 2. The molecule has 37 heavy (non-hydrogen) atoms. The summed E-state index contributed by atoms with van der Waals surface area (Å²) in [6.07, 6.45) is 0. The van der Waals surface area contributed by atoms with Crippen molar-refractivity contribution >= 4 is 16.6 Å². The van der Waals surface area contributed by atoms with E-state index in [1.54, 1.807) is 19.2 Å².